The van der Waals surface area contributed by atoms with Crippen LogP contribution < -0.4 is 10.6 Å². The van der Waals surface area contributed by atoms with Gasteiger partial charge in [0.15, 0.2) is 0 Å². The summed E-state index contributed by atoms with van der Waals surface area (Å²) in [6.07, 6.45) is 2.94. The predicted octanol–water partition coefficient (Wildman–Crippen LogP) is 2.93. The average Bonchev–Trinajstić information content (AvgIpc) is 2.45. The van der Waals surface area contributed by atoms with E-state index in [1.165, 1.54) is 5.39 Å². The molecule has 0 atom stereocenters. The van der Waals surface area contributed by atoms with E-state index < -0.39 is 0 Å². The van der Waals surface area contributed by atoms with Gasteiger partial charge in [0.1, 0.15) is 0 Å². The molecule has 0 saturated heterocycles. The van der Waals surface area contributed by atoms with Gasteiger partial charge in [-0.2, -0.15) is 0 Å². The number of fused-ring (bicyclic) bond motifs is 1. The van der Waals surface area contributed by atoms with E-state index in [9.17, 15) is 4.79 Å². The van der Waals surface area contributed by atoms with Crippen molar-refractivity contribution in [2.45, 2.75) is 19.3 Å². The highest BCUT2D eigenvalue weighted by molar-refractivity contribution is 5.99. The number of hydrogen-bond acceptors (Lipinski definition) is 2. The number of anilines is 1. The molecule has 1 fully saturated rings. The molecule has 1 aliphatic rings. The largest absolute Gasteiger partial charge is 0.329 e. The number of carbonyl (C=O) groups is 1. The van der Waals surface area contributed by atoms with Crippen molar-refractivity contribution in [2.24, 2.45) is 11.1 Å². The third kappa shape index (κ3) is 1.98. The lowest BCUT2D eigenvalue weighted by atomic mass is 9.68. The lowest BCUT2D eigenvalue weighted by molar-refractivity contribution is -0.131. The van der Waals surface area contributed by atoms with E-state index in [4.69, 9.17) is 5.73 Å². The summed E-state index contributed by atoms with van der Waals surface area (Å²) in [7, 11) is 1.85. The molecule has 104 valence electrons. The molecule has 0 aliphatic heterocycles. The van der Waals surface area contributed by atoms with Gasteiger partial charge in [0.25, 0.3) is 0 Å². The van der Waals surface area contributed by atoms with Gasteiger partial charge in [-0.05, 0) is 35.7 Å². The first-order chi connectivity index (χ1) is 9.66. The van der Waals surface area contributed by atoms with Crippen molar-refractivity contribution in [1.29, 1.82) is 0 Å². The maximum Gasteiger partial charge on any atom is 0.234 e. The van der Waals surface area contributed by atoms with Crippen molar-refractivity contribution in [3.05, 3.63) is 42.5 Å². The lowest BCUT2D eigenvalue weighted by Gasteiger charge is -2.41. The van der Waals surface area contributed by atoms with Gasteiger partial charge in [0.2, 0.25) is 5.91 Å². The maximum atomic E-state index is 12.7. The van der Waals surface area contributed by atoms with Gasteiger partial charge < -0.3 is 10.6 Å². The maximum absolute atomic E-state index is 12.7. The Kier molecular flexibility index (Phi) is 3.22. The molecular weight excluding hydrogens is 248 g/mol. The molecule has 3 nitrogen and oxygen atoms in total. The van der Waals surface area contributed by atoms with Crippen LogP contribution in [0.25, 0.3) is 10.8 Å². The second kappa shape index (κ2) is 4.91. The topological polar surface area (TPSA) is 46.3 Å². The number of hydrogen-bond donors (Lipinski definition) is 1. The van der Waals surface area contributed by atoms with Gasteiger partial charge in [-0.3, -0.25) is 4.79 Å². The summed E-state index contributed by atoms with van der Waals surface area (Å²) in [6.45, 7) is 0.448. The SMILES string of the molecule is CN(C(=O)C1(CN)CCC1)c1ccc2ccccc2c1. The Balaban J connectivity index is 1.92. The van der Waals surface area contributed by atoms with Gasteiger partial charge in [-0.25, -0.2) is 0 Å². The Morgan fingerprint density at radius 3 is 2.50 bits per heavy atom. The monoisotopic (exact) mass is 268 g/mol. The van der Waals surface area contributed by atoms with Crippen LogP contribution in [-0.2, 0) is 4.79 Å². The molecule has 3 rings (SSSR count). The number of rotatable bonds is 3. The van der Waals surface area contributed by atoms with Crippen LogP contribution >= 0.6 is 0 Å². The molecule has 2 aromatic rings. The number of amides is 1. The van der Waals surface area contributed by atoms with Crippen molar-refractivity contribution in [3.63, 3.8) is 0 Å². The standard InChI is InChI=1S/C17H20N2O/c1-19(16(20)17(12-18)9-4-10-17)15-8-7-13-5-2-3-6-14(13)11-15/h2-3,5-8,11H,4,9-10,12,18H2,1H3. The van der Waals surface area contributed by atoms with Gasteiger partial charge in [0.05, 0.1) is 5.41 Å². The van der Waals surface area contributed by atoms with E-state index in [1.807, 2.05) is 25.2 Å². The average molecular weight is 268 g/mol. The fourth-order valence-corrected chi connectivity index (χ4v) is 2.97. The van der Waals surface area contributed by atoms with E-state index in [2.05, 4.69) is 24.3 Å². The third-order valence-electron chi connectivity index (χ3n) is 4.58. The first-order valence-corrected chi connectivity index (χ1v) is 7.13. The van der Waals surface area contributed by atoms with E-state index >= 15 is 0 Å². The molecule has 2 N–H and O–H groups in total. The van der Waals surface area contributed by atoms with Crippen LogP contribution in [0.1, 0.15) is 19.3 Å². The Hall–Kier alpha value is -1.87. The molecule has 0 heterocycles. The summed E-state index contributed by atoms with van der Waals surface area (Å²) < 4.78 is 0. The van der Waals surface area contributed by atoms with Gasteiger partial charge >= 0.3 is 0 Å². The second-order valence-electron chi connectivity index (χ2n) is 5.73. The first-order valence-electron chi connectivity index (χ1n) is 7.13. The van der Waals surface area contributed by atoms with E-state index in [0.717, 1.165) is 30.3 Å². The smallest absolute Gasteiger partial charge is 0.234 e. The molecule has 3 heteroatoms. The molecule has 0 radical (unpaired) electrons. The molecular formula is C17H20N2O. The van der Waals surface area contributed by atoms with Crippen LogP contribution in [0.15, 0.2) is 42.5 Å². The molecule has 0 bridgehead atoms. The fraction of sp³-hybridized carbons (Fsp3) is 0.353. The highest BCUT2D eigenvalue weighted by atomic mass is 16.2. The highest BCUT2D eigenvalue weighted by Gasteiger charge is 2.44. The Labute approximate surface area is 119 Å². The van der Waals surface area contributed by atoms with Gasteiger partial charge in [-0.1, -0.05) is 36.8 Å². The van der Waals surface area contributed by atoms with Crippen LogP contribution in [0.5, 0.6) is 0 Å². The van der Waals surface area contributed by atoms with Crippen LogP contribution in [0.3, 0.4) is 0 Å². The van der Waals surface area contributed by atoms with Crippen molar-refractivity contribution in [3.8, 4) is 0 Å². The van der Waals surface area contributed by atoms with Crippen molar-refractivity contribution >= 4 is 22.4 Å². The molecule has 0 unspecified atom stereocenters. The second-order valence-corrected chi connectivity index (χ2v) is 5.73. The van der Waals surface area contributed by atoms with Crippen LogP contribution in [0.2, 0.25) is 0 Å². The zero-order chi connectivity index (χ0) is 14.2. The van der Waals surface area contributed by atoms with Crippen molar-refractivity contribution in [2.75, 3.05) is 18.5 Å². The van der Waals surface area contributed by atoms with E-state index in [1.54, 1.807) is 4.90 Å². The van der Waals surface area contributed by atoms with Crippen LogP contribution in [0, 0.1) is 5.41 Å². The summed E-state index contributed by atoms with van der Waals surface area (Å²) in [5, 5.41) is 2.34. The number of benzene rings is 2. The van der Waals surface area contributed by atoms with Gasteiger partial charge in [-0.15, -0.1) is 0 Å². The minimum absolute atomic E-state index is 0.154. The van der Waals surface area contributed by atoms with Gasteiger partial charge in [0, 0.05) is 19.3 Å². The summed E-state index contributed by atoms with van der Waals surface area (Å²) in [5.74, 6) is 0.154. The molecule has 2 aromatic carbocycles. The minimum Gasteiger partial charge on any atom is -0.329 e. The molecule has 1 amide bonds. The Morgan fingerprint density at radius 1 is 1.20 bits per heavy atom. The molecule has 1 saturated carbocycles. The summed E-state index contributed by atoms with van der Waals surface area (Å²) in [4.78, 5) is 14.4. The lowest BCUT2D eigenvalue weighted by Crippen LogP contribution is -2.51. The highest BCUT2D eigenvalue weighted by Crippen LogP contribution is 2.42. The summed E-state index contributed by atoms with van der Waals surface area (Å²) in [6, 6.07) is 14.3. The molecule has 20 heavy (non-hydrogen) atoms. The van der Waals surface area contributed by atoms with Crippen molar-refractivity contribution in [1.82, 2.24) is 0 Å². The predicted molar refractivity (Wildman–Crippen MR) is 82.7 cm³/mol. The molecule has 0 aromatic heterocycles. The van der Waals surface area contributed by atoms with E-state index in [0.29, 0.717) is 6.54 Å². The normalized spacial score (nSPS) is 16.7. The summed E-state index contributed by atoms with van der Waals surface area (Å²) in [5.41, 5.74) is 6.45. The van der Waals surface area contributed by atoms with E-state index in [-0.39, 0.29) is 11.3 Å². The molecule has 0 spiro atoms. The fourth-order valence-electron chi connectivity index (χ4n) is 2.97. The minimum atomic E-state index is -0.319. The first kappa shape index (κ1) is 13.1. The zero-order valence-electron chi connectivity index (χ0n) is 11.8. The van der Waals surface area contributed by atoms with Crippen LogP contribution in [-0.4, -0.2) is 19.5 Å². The Bertz CT molecular complexity index is 641. The molecule has 1 aliphatic carbocycles. The Morgan fingerprint density at radius 2 is 1.90 bits per heavy atom. The van der Waals surface area contributed by atoms with Crippen molar-refractivity contribution < 1.29 is 4.79 Å². The number of carbonyl (C=O) groups excluding carboxylic acids is 1. The number of nitrogens with two attached hydrogens (primary N) is 1. The number of nitrogens with zero attached hydrogens (tertiary/aromatic N) is 1. The third-order valence-corrected chi connectivity index (χ3v) is 4.58. The summed E-state index contributed by atoms with van der Waals surface area (Å²) >= 11 is 0. The quantitative estimate of drug-likeness (QED) is 0.930. The van der Waals surface area contributed by atoms with Crippen LogP contribution in [0.4, 0.5) is 5.69 Å². The zero-order valence-corrected chi connectivity index (χ0v) is 11.8.